The Morgan fingerprint density at radius 2 is 1.75 bits per heavy atom. The Morgan fingerprint density at radius 1 is 1.11 bits per heavy atom. The molecule has 28 heavy (non-hydrogen) atoms. The van der Waals surface area contributed by atoms with E-state index < -0.39 is 0 Å². The first-order valence-corrected chi connectivity index (χ1v) is 10.2. The number of pyridine rings is 2. The molecule has 0 saturated carbocycles. The highest BCUT2D eigenvalue weighted by Gasteiger charge is 2.21. The van der Waals surface area contributed by atoms with Gasteiger partial charge in [-0.1, -0.05) is 55.4 Å². The third kappa shape index (κ3) is 5.46. The molecule has 0 spiro atoms. The molecule has 1 N–H and O–H groups in total. The topological polar surface area (TPSA) is 55.1 Å². The molecule has 0 aliphatic heterocycles. The van der Waals surface area contributed by atoms with E-state index in [1.54, 1.807) is 10.6 Å². The van der Waals surface area contributed by atoms with Crippen LogP contribution in [0, 0.1) is 11.3 Å². The lowest BCUT2D eigenvalue weighted by molar-refractivity contribution is 0.345. The quantitative estimate of drug-likeness (QED) is 0.735. The Hall–Kier alpha value is -2.10. The number of rotatable bonds is 5. The van der Waals surface area contributed by atoms with E-state index in [1.807, 2.05) is 12.3 Å². The molecule has 0 aliphatic rings. The minimum absolute atomic E-state index is 0.0817. The van der Waals surface area contributed by atoms with Crippen molar-refractivity contribution in [1.82, 2.24) is 9.55 Å². The Balaban J connectivity index is 2.75. The second-order valence-electron chi connectivity index (χ2n) is 10.4. The van der Waals surface area contributed by atoms with E-state index in [4.69, 9.17) is 0 Å². The minimum Gasteiger partial charge on any atom is -0.503 e. The van der Waals surface area contributed by atoms with Crippen molar-refractivity contribution >= 4 is 0 Å². The van der Waals surface area contributed by atoms with Crippen LogP contribution in [0.4, 0.5) is 0 Å². The first-order chi connectivity index (χ1) is 12.8. The fourth-order valence-corrected chi connectivity index (χ4v) is 3.29. The van der Waals surface area contributed by atoms with Crippen LogP contribution in [0.15, 0.2) is 29.2 Å². The van der Waals surface area contributed by atoms with Gasteiger partial charge < -0.3 is 9.67 Å². The molecule has 2 heterocycles. The molecule has 0 bridgehead atoms. The van der Waals surface area contributed by atoms with Gasteiger partial charge in [0.15, 0.2) is 5.75 Å². The third-order valence-corrected chi connectivity index (χ3v) is 4.86. The Bertz CT molecular complexity index is 881. The summed E-state index contributed by atoms with van der Waals surface area (Å²) in [6.07, 6.45) is 3.47. The maximum Gasteiger partial charge on any atom is 0.293 e. The highest BCUT2D eigenvalue weighted by atomic mass is 16.3. The van der Waals surface area contributed by atoms with Gasteiger partial charge in [0.2, 0.25) is 0 Å². The van der Waals surface area contributed by atoms with Crippen LogP contribution in [0.25, 0.3) is 11.3 Å². The van der Waals surface area contributed by atoms with Gasteiger partial charge in [0.1, 0.15) is 0 Å². The van der Waals surface area contributed by atoms with Gasteiger partial charge in [-0.25, -0.2) is 0 Å². The summed E-state index contributed by atoms with van der Waals surface area (Å²) in [5.41, 5.74) is 3.59. The lowest BCUT2D eigenvalue weighted by Gasteiger charge is -2.24. The first kappa shape index (κ1) is 22.2. The number of nitrogens with zero attached hydrogens (tertiary/aromatic N) is 2. The first-order valence-electron chi connectivity index (χ1n) is 10.2. The van der Waals surface area contributed by atoms with Gasteiger partial charge in [-0.3, -0.25) is 9.78 Å². The van der Waals surface area contributed by atoms with Gasteiger partial charge in [-0.2, -0.15) is 0 Å². The predicted molar refractivity (Wildman–Crippen MR) is 117 cm³/mol. The van der Waals surface area contributed by atoms with Gasteiger partial charge in [0.05, 0.1) is 5.69 Å². The van der Waals surface area contributed by atoms with Gasteiger partial charge in [-0.05, 0) is 47.9 Å². The zero-order valence-electron chi connectivity index (χ0n) is 18.8. The number of hydrogen-bond acceptors (Lipinski definition) is 3. The SMILES string of the molecule is CC(C)Cc1cc(O)c(=O)n(CCC(C)(C)C)c1-c1ccnc(C(C)(C)C)c1. The predicted octanol–water partition coefficient (Wildman–Crippen LogP) is 5.55. The normalized spacial score (nSPS) is 12.6. The molecule has 0 unspecified atom stereocenters. The van der Waals surface area contributed by atoms with Gasteiger partial charge in [0, 0.05) is 29.4 Å². The van der Waals surface area contributed by atoms with Crippen molar-refractivity contribution < 1.29 is 5.11 Å². The molecule has 4 heteroatoms. The summed E-state index contributed by atoms with van der Waals surface area (Å²) in [5.74, 6) is 0.244. The van der Waals surface area contributed by atoms with Crippen LogP contribution in [0.1, 0.15) is 73.1 Å². The van der Waals surface area contributed by atoms with Crippen molar-refractivity contribution in [2.24, 2.45) is 11.3 Å². The molecule has 0 radical (unpaired) electrons. The van der Waals surface area contributed by atoms with Crippen molar-refractivity contribution in [2.45, 2.75) is 80.2 Å². The third-order valence-electron chi connectivity index (χ3n) is 4.86. The summed E-state index contributed by atoms with van der Waals surface area (Å²) < 4.78 is 1.76. The smallest absolute Gasteiger partial charge is 0.293 e. The number of hydrogen-bond donors (Lipinski definition) is 1. The largest absolute Gasteiger partial charge is 0.503 e. The molecule has 0 aromatic carbocycles. The van der Waals surface area contributed by atoms with E-state index in [0.29, 0.717) is 12.5 Å². The fourth-order valence-electron chi connectivity index (χ4n) is 3.29. The van der Waals surface area contributed by atoms with Crippen molar-refractivity contribution in [3.8, 4) is 17.0 Å². The number of aromatic nitrogens is 2. The van der Waals surface area contributed by atoms with Gasteiger partial charge >= 0.3 is 0 Å². The summed E-state index contributed by atoms with van der Waals surface area (Å²) in [5, 5.41) is 10.3. The molecule has 0 amide bonds. The molecule has 0 aliphatic carbocycles. The van der Waals surface area contributed by atoms with Crippen LogP contribution < -0.4 is 5.56 Å². The van der Waals surface area contributed by atoms with Crippen LogP contribution >= 0.6 is 0 Å². The van der Waals surface area contributed by atoms with Crippen LogP contribution in [-0.2, 0) is 18.4 Å². The molecular formula is C24H36N2O2. The average Bonchev–Trinajstić information content (AvgIpc) is 2.54. The molecule has 2 rings (SSSR count). The van der Waals surface area contributed by atoms with Crippen LogP contribution in [0.2, 0.25) is 0 Å². The lowest BCUT2D eigenvalue weighted by Crippen LogP contribution is -2.26. The molecule has 154 valence electrons. The molecule has 0 fully saturated rings. The summed E-state index contributed by atoms with van der Waals surface area (Å²) in [6.45, 7) is 17.8. The van der Waals surface area contributed by atoms with E-state index in [9.17, 15) is 9.90 Å². The van der Waals surface area contributed by atoms with E-state index in [0.717, 1.165) is 35.4 Å². The van der Waals surface area contributed by atoms with E-state index in [-0.39, 0.29) is 22.1 Å². The molecular weight excluding hydrogens is 348 g/mol. The molecule has 2 aromatic rings. The molecule has 0 atom stereocenters. The molecule has 2 aromatic heterocycles. The van der Waals surface area contributed by atoms with Gasteiger partial charge in [-0.15, -0.1) is 0 Å². The summed E-state index contributed by atoms with van der Waals surface area (Å²) in [7, 11) is 0. The zero-order chi connectivity index (χ0) is 21.3. The summed E-state index contributed by atoms with van der Waals surface area (Å²) in [4.78, 5) is 17.4. The van der Waals surface area contributed by atoms with E-state index >= 15 is 0 Å². The minimum atomic E-state index is -0.319. The summed E-state index contributed by atoms with van der Waals surface area (Å²) >= 11 is 0. The number of aromatic hydroxyl groups is 1. The second-order valence-corrected chi connectivity index (χ2v) is 10.4. The van der Waals surface area contributed by atoms with Crippen LogP contribution in [-0.4, -0.2) is 14.7 Å². The molecule has 0 saturated heterocycles. The lowest BCUT2D eigenvalue weighted by atomic mass is 9.89. The maximum absolute atomic E-state index is 12.9. The highest BCUT2D eigenvalue weighted by Crippen LogP contribution is 2.31. The Labute approximate surface area is 169 Å². The Kier molecular flexibility index (Phi) is 6.42. The zero-order valence-corrected chi connectivity index (χ0v) is 18.8. The molecule has 4 nitrogen and oxygen atoms in total. The van der Waals surface area contributed by atoms with Crippen LogP contribution in [0.3, 0.4) is 0 Å². The van der Waals surface area contributed by atoms with Crippen molar-refractivity contribution in [3.63, 3.8) is 0 Å². The highest BCUT2D eigenvalue weighted by molar-refractivity contribution is 5.65. The second kappa shape index (κ2) is 8.10. The van der Waals surface area contributed by atoms with Crippen molar-refractivity contribution in [2.75, 3.05) is 0 Å². The van der Waals surface area contributed by atoms with Gasteiger partial charge in [0.25, 0.3) is 5.56 Å². The standard InChI is InChI=1S/C24H36N2O2/c1-16(2)13-18-14-19(27)22(28)26(12-10-23(3,4)5)21(18)17-9-11-25-20(15-17)24(6,7)8/h9,11,14-16,27H,10,12-13H2,1-8H3. The van der Waals surface area contributed by atoms with E-state index in [2.05, 4.69) is 66.4 Å². The average molecular weight is 385 g/mol. The van der Waals surface area contributed by atoms with Crippen molar-refractivity contribution in [1.29, 1.82) is 0 Å². The fraction of sp³-hybridized carbons (Fsp3) is 0.583. The van der Waals surface area contributed by atoms with Crippen LogP contribution in [0.5, 0.6) is 5.75 Å². The maximum atomic E-state index is 12.9. The monoisotopic (exact) mass is 384 g/mol. The van der Waals surface area contributed by atoms with Crippen molar-refractivity contribution in [3.05, 3.63) is 46.0 Å². The van der Waals surface area contributed by atoms with E-state index in [1.165, 1.54) is 0 Å². The Morgan fingerprint density at radius 3 is 2.29 bits per heavy atom. The summed E-state index contributed by atoms with van der Waals surface area (Å²) in [6, 6.07) is 5.71.